The molecule has 0 fully saturated rings. The molecule has 2 aromatic heterocycles. The van der Waals surface area contributed by atoms with Crippen LogP contribution in [0, 0.1) is 33.6 Å². The number of hydrogen-bond donors (Lipinski definition) is 2. The zero-order valence-corrected chi connectivity index (χ0v) is 19.0. The van der Waals surface area contributed by atoms with E-state index in [4.69, 9.17) is 4.98 Å². The highest BCUT2D eigenvalue weighted by Gasteiger charge is 2.21. The SMILES string of the molecule is Cc1cc(C)c(NC(=O)Nc2sc3nc4n(c(=O)c3c2C)CCC(C)CC4)c(C)c1. The van der Waals surface area contributed by atoms with Crippen LogP contribution in [0.2, 0.25) is 0 Å². The fourth-order valence-corrected chi connectivity index (χ4v) is 5.38. The zero-order chi connectivity index (χ0) is 21.6. The Morgan fingerprint density at radius 3 is 2.53 bits per heavy atom. The van der Waals surface area contributed by atoms with E-state index < -0.39 is 0 Å². The Hall–Kier alpha value is -2.67. The molecule has 2 N–H and O–H groups in total. The molecule has 0 bridgehead atoms. The van der Waals surface area contributed by atoms with E-state index in [1.807, 2.05) is 44.4 Å². The van der Waals surface area contributed by atoms with Crippen molar-refractivity contribution in [3.8, 4) is 0 Å². The van der Waals surface area contributed by atoms with Crippen molar-refractivity contribution in [1.29, 1.82) is 0 Å². The summed E-state index contributed by atoms with van der Waals surface area (Å²) in [5.74, 6) is 1.46. The normalized spacial score (nSPS) is 16.2. The first kappa shape index (κ1) is 20.6. The van der Waals surface area contributed by atoms with Crippen LogP contribution in [0.15, 0.2) is 16.9 Å². The van der Waals surface area contributed by atoms with E-state index in [9.17, 15) is 9.59 Å². The second-order valence-electron chi connectivity index (χ2n) is 8.51. The van der Waals surface area contributed by atoms with E-state index in [1.165, 1.54) is 11.3 Å². The molecule has 0 saturated carbocycles. The summed E-state index contributed by atoms with van der Waals surface area (Å²) in [6.07, 6.45) is 2.86. The van der Waals surface area contributed by atoms with Crippen LogP contribution in [-0.4, -0.2) is 15.6 Å². The van der Waals surface area contributed by atoms with E-state index in [-0.39, 0.29) is 11.6 Å². The maximum absolute atomic E-state index is 13.2. The second kappa shape index (κ2) is 7.87. The monoisotopic (exact) mass is 424 g/mol. The van der Waals surface area contributed by atoms with Gasteiger partial charge in [0, 0.05) is 18.7 Å². The molecular formula is C23H28N4O2S. The molecule has 1 aromatic carbocycles. The van der Waals surface area contributed by atoms with Crippen molar-refractivity contribution >= 4 is 38.3 Å². The minimum atomic E-state index is -0.310. The number of rotatable bonds is 2. The van der Waals surface area contributed by atoms with E-state index in [0.717, 1.165) is 53.0 Å². The highest BCUT2D eigenvalue weighted by Crippen LogP contribution is 2.33. The first-order valence-electron chi connectivity index (χ1n) is 10.4. The van der Waals surface area contributed by atoms with Gasteiger partial charge in [-0.05, 0) is 63.1 Å². The average molecular weight is 425 g/mol. The number of amides is 2. The van der Waals surface area contributed by atoms with Gasteiger partial charge in [-0.1, -0.05) is 36.0 Å². The molecule has 0 saturated heterocycles. The number of nitrogens with zero attached hydrogens (tertiary/aromatic N) is 2. The van der Waals surface area contributed by atoms with Crippen molar-refractivity contribution < 1.29 is 4.79 Å². The number of hydrogen-bond acceptors (Lipinski definition) is 4. The van der Waals surface area contributed by atoms with Crippen LogP contribution in [0.5, 0.6) is 0 Å². The lowest BCUT2D eigenvalue weighted by Gasteiger charge is -2.13. The number of aryl methyl sites for hydroxylation is 5. The smallest absolute Gasteiger partial charge is 0.307 e. The van der Waals surface area contributed by atoms with Gasteiger partial charge >= 0.3 is 6.03 Å². The predicted octanol–water partition coefficient (Wildman–Crippen LogP) is 5.31. The van der Waals surface area contributed by atoms with Crippen molar-refractivity contribution in [2.24, 2.45) is 5.92 Å². The molecule has 3 aromatic rings. The molecule has 4 rings (SSSR count). The van der Waals surface area contributed by atoms with E-state index in [2.05, 4.69) is 17.6 Å². The van der Waals surface area contributed by atoms with Crippen LogP contribution >= 0.6 is 11.3 Å². The Bertz CT molecular complexity index is 1190. The molecule has 1 unspecified atom stereocenters. The lowest BCUT2D eigenvalue weighted by molar-refractivity contribution is 0.262. The quantitative estimate of drug-likeness (QED) is 0.585. The summed E-state index contributed by atoms with van der Waals surface area (Å²) in [7, 11) is 0. The number of carbonyl (C=O) groups is 1. The van der Waals surface area contributed by atoms with Crippen LogP contribution in [0.1, 0.15) is 47.8 Å². The molecule has 1 aliphatic heterocycles. The van der Waals surface area contributed by atoms with Crippen molar-refractivity contribution in [3.05, 3.63) is 50.6 Å². The number of fused-ring (bicyclic) bond motifs is 2. The van der Waals surface area contributed by atoms with Crippen LogP contribution in [0.4, 0.5) is 15.5 Å². The highest BCUT2D eigenvalue weighted by molar-refractivity contribution is 7.22. The van der Waals surface area contributed by atoms with Crippen LogP contribution in [0.25, 0.3) is 10.2 Å². The van der Waals surface area contributed by atoms with Gasteiger partial charge in [0.2, 0.25) is 0 Å². The molecule has 7 heteroatoms. The molecule has 0 spiro atoms. The Labute approximate surface area is 180 Å². The molecule has 0 radical (unpaired) electrons. The first-order chi connectivity index (χ1) is 14.2. The van der Waals surface area contributed by atoms with Gasteiger partial charge in [-0.2, -0.15) is 0 Å². The summed E-state index contributed by atoms with van der Waals surface area (Å²) in [5.41, 5.74) is 4.82. The second-order valence-corrected chi connectivity index (χ2v) is 9.51. The predicted molar refractivity (Wildman–Crippen MR) is 124 cm³/mol. The van der Waals surface area contributed by atoms with E-state index in [1.54, 1.807) is 0 Å². The van der Waals surface area contributed by atoms with E-state index >= 15 is 0 Å². The molecule has 3 heterocycles. The number of benzene rings is 1. The van der Waals surface area contributed by atoms with E-state index in [0.29, 0.717) is 27.7 Å². The number of thiophene rings is 1. The van der Waals surface area contributed by atoms with Crippen LogP contribution in [-0.2, 0) is 13.0 Å². The number of nitrogens with one attached hydrogen (secondary N) is 2. The van der Waals surface area contributed by atoms with Gasteiger partial charge < -0.3 is 5.32 Å². The topological polar surface area (TPSA) is 76.0 Å². The minimum absolute atomic E-state index is 0.0107. The Balaban J connectivity index is 1.64. The van der Waals surface area contributed by atoms with Crippen molar-refractivity contribution in [1.82, 2.24) is 9.55 Å². The Morgan fingerprint density at radius 2 is 1.83 bits per heavy atom. The summed E-state index contributed by atoms with van der Waals surface area (Å²) in [6, 6.07) is 3.79. The maximum atomic E-state index is 13.2. The summed E-state index contributed by atoms with van der Waals surface area (Å²) in [6.45, 7) is 10.8. The molecule has 30 heavy (non-hydrogen) atoms. The van der Waals surface area contributed by atoms with Gasteiger partial charge in [0.25, 0.3) is 5.56 Å². The molecule has 0 aliphatic carbocycles. The fourth-order valence-electron chi connectivity index (χ4n) is 4.29. The molecule has 158 valence electrons. The zero-order valence-electron chi connectivity index (χ0n) is 18.2. The molecule has 1 atom stereocenters. The lowest BCUT2D eigenvalue weighted by atomic mass is 10.0. The molecule has 2 amide bonds. The molecule has 6 nitrogen and oxygen atoms in total. The maximum Gasteiger partial charge on any atom is 0.324 e. The van der Waals surface area contributed by atoms with Crippen molar-refractivity contribution in [2.75, 3.05) is 10.6 Å². The molecule has 1 aliphatic rings. The van der Waals surface area contributed by atoms with Crippen LogP contribution < -0.4 is 16.2 Å². The van der Waals surface area contributed by atoms with Gasteiger partial charge in [0.05, 0.1) is 5.39 Å². The Kier molecular flexibility index (Phi) is 5.40. The summed E-state index contributed by atoms with van der Waals surface area (Å²) in [4.78, 5) is 31.4. The largest absolute Gasteiger partial charge is 0.324 e. The number of anilines is 2. The third-order valence-corrected chi connectivity index (χ3v) is 7.08. The van der Waals surface area contributed by atoms with Gasteiger partial charge in [0.15, 0.2) is 0 Å². The molecular weight excluding hydrogens is 396 g/mol. The van der Waals surface area contributed by atoms with Crippen molar-refractivity contribution in [2.45, 2.75) is 60.4 Å². The third kappa shape index (κ3) is 3.74. The number of urea groups is 1. The lowest BCUT2D eigenvalue weighted by Crippen LogP contribution is -2.24. The van der Waals surface area contributed by atoms with Gasteiger partial charge in [0.1, 0.15) is 15.7 Å². The summed E-state index contributed by atoms with van der Waals surface area (Å²) < 4.78 is 1.83. The third-order valence-electron chi connectivity index (χ3n) is 5.98. The van der Waals surface area contributed by atoms with Gasteiger partial charge in [-0.15, -0.1) is 0 Å². The highest BCUT2D eigenvalue weighted by atomic mass is 32.1. The standard InChI is InChI=1S/C23H28N4O2S/c1-12-6-7-17-24-21-18(22(28)27(17)9-8-12)16(5)20(30-21)26-23(29)25-19-14(3)10-13(2)11-15(19)4/h10-12H,6-9H2,1-5H3,(H2,25,26,29). The average Bonchev–Trinajstić information content (AvgIpc) is 2.84. The van der Waals surface area contributed by atoms with Crippen molar-refractivity contribution in [3.63, 3.8) is 0 Å². The fraction of sp³-hybridized carbons (Fsp3) is 0.435. The first-order valence-corrected chi connectivity index (χ1v) is 11.2. The number of carbonyl (C=O) groups excluding carboxylic acids is 1. The minimum Gasteiger partial charge on any atom is -0.307 e. The number of aromatic nitrogens is 2. The summed E-state index contributed by atoms with van der Waals surface area (Å²) in [5, 5.41) is 7.19. The van der Waals surface area contributed by atoms with Crippen LogP contribution in [0.3, 0.4) is 0 Å². The van der Waals surface area contributed by atoms with Gasteiger partial charge in [-0.3, -0.25) is 14.7 Å². The Morgan fingerprint density at radius 1 is 1.13 bits per heavy atom. The van der Waals surface area contributed by atoms with Gasteiger partial charge in [-0.25, -0.2) is 9.78 Å². The summed E-state index contributed by atoms with van der Waals surface area (Å²) >= 11 is 1.37.